The van der Waals surface area contributed by atoms with Crippen LogP contribution in [0.4, 0.5) is 18.9 Å². The molecule has 5 nitrogen and oxygen atoms in total. The van der Waals surface area contributed by atoms with E-state index in [9.17, 15) is 18.0 Å². The van der Waals surface area contributed by atoms with Crippen LogP contribution < -0.4 is 5.32 Å². The number of aromatic nitrogens is 2. The van der Waals surface area contributed by atoms with Crippen molar-refractivity contribution in [3.05, 3.63) is 66.4 Å². The van der Waals surface area contributed by atoms with Crippen molar-refractivity contribution in [2.45, 2.75) is 6.18 Å². The largest absolute Gasteiger partial charge is 0.459 e. The van der Waals surface area contributed by atoms with Gasteiger partial charge in [-0.25, -0.2) is 4.68 Å². The molecule has 0 atom stereocenters. The maximum atomic E-state index is 12.9. The number of hydrogen-bond donors (Lipinski definition) is 1. The topological polar surface area (TPSA) is 60.1 Å². The highest BCUT2D eigenvalue weighted by Crippen LogP contribution is 2.33. The molecule has 0 aliphatic carbocycles. The molecular formula is C15H10F3N3O2. The van der Waals surface area contributed by atoms with Gasteiger partial charge in [0, 0.05) is 12.4 Å². The number of halogens is 3. The molecule has 3 aromatic rings. The van der Waals surface area contributed by atoms with E-state index in [1.807, 2.05) is 0 Å². The van der Waals surface area contributed by atoms with Crippen LogP contribution in [0, 0.1) is 0 Å². The van der Waals surface area contributed by atoms with E-state index in [2.05, 4.69) is 10.4 Å². The summed E-state index contributed by atoms with van der Waals surface area (Å²) in [5.41, 5.74) is -0.587. The summed E-state index contributed by atoms with van der Waals surface area (Å²) in [6.45, 7) is 0. The number of furan rings is 1. The smallest absolute Gasteiger partial charge is 0.416 e. The highest BCUT2D eigenvalue weighted by molar-refractivity contribution is 6.03. The van der Waals surface area contributed by atoms with Crippen molar-refractivity contribution in [3.63, 3.8) is 0 Å². The fraction of sp³-hybridized carbons (Fsp3) is 0.0667. The number of benzene rings is 1. The third-order valence-electron chi connectivity index (χ3n) is 3.07. The van der Waals surface area contributed by atoms with Crippen LogP contribution in [-0.2, 0) is 6.18 Å². The third-order valence-corrected chi connectivity index (χ3v) is 3.07. The van der Waals surface area contributed by atoms with Gasteiger partial charge in [0.2, 0.25) is 0 Å². The zero-order chi connectivity index (χ0) is 16.4. The molecule has 3 rings (SSSR count). The molecule has 1 amide bonds. The summed E-state index contributed by atoms with van der Waals surface area (Å²) in [6, 6.07) is 7.58. The number of carbonyl (C=O) groups excluding carboxylic acids is 1. The van der Waals surface area contributed by atoms with Gasteiger partial charge in [-0.05, 0) is 36.4 Å². The lowest BCUT2D eigenvalue weighted by atomic mass is 10.1. The minimum atomic E-state index is -4.52. The van der Waals surface area contributed by atoms with Gasteiger partial charge in [-0.2, -0.15) is 18.3 Å². The third kappa shape index (κ3) is 3.10. The maximum Gasteiger partial charge on any atom is 0.416 e. The van der Waals surface area contributed by atoms with Crippen LogP contribution in [0.3, 0.4) is 0 Å². The first-order valence-electron chi connectivity index (χ1n) is 6.51. The van der Waals surface area contributed by atoms with Gasteiger partial charge in [-0.3, -0.25) is 4.79 Å². The molecule has 0 bridgehead atoms. The molecule has 0 unspecified atom stereocenters. The number of nitrogens with zero attached hydrogens (tertiary/aromatic N) is 2. The first-order chi connectivity index (χ1) is 10.9. The second kappa shape index (κ2) is 5.64. The van der Waals surface area contributed by atoms with Crippen LogP contribution in [0.2, 0.25) is 0 Å². The lowest BCUT2D eigenvalue weighted by Gasteiger charge is -2.14. The Kier molecular flexibility index (Phi) is 3.65. The maximum absolute atomic E-state index is 12.9. The molecule has 0 aliphatic heterocycles. The Morgan fingerprint density at radius 1 is 1.22 bits per heavy atom. The quantitative estimate of drug-likeness (QED) is 0.799. The fourth-order valence-electron chi connectivity index (χ4n) is 2.02. The van der Waals surface area contributed by atoms with Crippen molar-refractivity contribution < 1.29 is 22.4 Å². The molecule has 0 saturated carbocycles. The molecule has 8 heteroatoms. The molecule has 23 heavy (non-hydrogen) atoms. The monoisotopic (exact) mass is 321 g/mol. The fourth-order valence-corrected chi connectivity index (χ4v) is 2.02. The van der Waals surface area contributed by atoms with Gasteiger partial charge in [-0.15, -0.1) is 0 Å². The summed E-state index contributed by atoms with van der Waals surface area (Å²) in [5.74, 6) is -0.656. The van der Waals surface area contributed by atoms with Crippen molar-refractivity contribution in [1.29, 1.82) is 0 Å². The van der Waals surface area contributed by atoms with Gasteiger partial charge in [0.1, 0.15) is 0 Å². The van der Waals surface area contributed by atoms with Gasteiger partial charge in [0.05, 0.1) is 23.2 Å². The predicted molar refractivity (Wildman–Crippen MR) is 75.2 cm³/mol. The number of carbonyl (C=O) groups is 1. The van der Waals surface area contributed by atoms with Crippen molar-refractivity contribution in [2.24, 2.45) is 0 Å². The van der Waals surface area contributed by atoms with E-state index in [1.165, 1.54) is 35.3 Å². The van der Waals surface area contributed by atoms with E-state index in [1.54, 1.807) is 12.3 Å². The molecule has 2 heterocycles. The van der Waals surface area contributed by atoms with Gasteiger partial charge in [0.15, 0.2) is 5.76 Å². The van der Waals surface area contributed by atoms with Crippen LogP contribution in [0.25, 0.3) is 5.69 Å². The normalized spacial score (nSPS) is 11.4. The summed E-state index contributed by atoms with van der Waals surface area (Å²) in [7, 11) is 0. The number of nitrogens with one attached hydrogen (secondary N) is 1. The Hall–Kier alpha value is -3.03. The summed E-state index contributed by atoms with van der Waals surface area (Å²) in [4.78, 5) is 12.0. The summed E-state index contributed by atoms with van der Waals surface area (Å²) in [5, 5.41) is 6.39. The molecule has 0 aliphatic rings. The molecule has 0 saturated heterocycles. The minimum Gasteiger partial charge on any atom is -0.459 e. The van der Waals surface area contributed by atoms with E-state index in [0.717, 1.165) is 12.1 Å². The summed E-state index contributed by atoms with van der Waals surface area (Å²) in [6.07, 6.45) is -0.177. The van der Waals surface area contributed by atoms with E-state index >= 15 is 0 Å². The Labute approximate surface area is 128 Å². The Balaban J connectivity index is 2.02. The van der Waals surface area contributed by atoms with Crippen molar-refractivity contribution in [1.82, 2.24) is 9.78 Å². The number of anilines is 1. The number of hydrogen-bond acceptors (Lipinski definition) is 3. The second-order valence-corrected chi connectivity index (χ2v) is 4.61. The van der Waals surface area contributed by atoms with E-state index in [4.69, 9.17) is 4.42 Å². The summed E-state index contributed by atoms with van der Waals surface area (Å²) < 4.78 is 45.0. The Morgan fingerprint density at radius 3 is 2.65 bits per heavy atom. The number of rotatable bonds is 3. The molecular weight excluding hydrogens is 311 g/mol. The van der Waals surface area contributed by atoms with Crippen LogP contribution in [0.15, 0.2) is 59.5 Å². The number of alkyl halides is 3. The molecule has 0 radical (unpaired) electrons. The van der Waals surface area contributed by atoms with Gasteiger partial charge < -0.3 is 9.73 Å². The average Bonchev–Trinajstić information content (AvgIpc) is 3.20. The van der Waals surface area contributed by atoms with Gasteiger partial charge in [-0.1, -0.05) is 0 Å². The standard InChI is InChI=1S/C15H10F3N3O2/c16-15(17,18)10-4-5-12(21-7-2-6-19-21)11(9-10)20-14(22)13-3-1-8-23-13/h1-9H,(H,20,22). The predicted octanol–water partition coefficient (Wildman–Crippen LogP) is 3.74. The van der Waals surface area contributed by atoms with Crippen molar-refractivity contribution in [3.8, 4) is 5.69 Å². The first-order valence-corrected chi connectivity index (χ1v) is 6.51. The Bertz CT molecular complexity index is 809. The van der Waals surface area contributed by atoms with Crippen LogP contribution in [-0.4, -0.2) is 15.7 Å². The lowest BCUT2D eigenvalue weighted by Crippen LogP contribution is -2.15. The highest BCUT2D eigenvalue weighted by atomic mass is 19.4. The molecule has 0 fully saturated rings. The molecule has 1 aromatic carbocycles. The molecule has 2 aromatic heterocycles. The van der Waals surface area contributed by atoms with Crippen LogP contribution >= 0.6 is 0 Å². The SMILES string of the molecule is O=C(Nc1cc(C(F)(F)F)ccc1-n1cccn1)c1ccco1. The first kappa shape index (κ1) is 14.9. The van der Waals surface area contributed by atoms with E-state index < -0.39 is 17.6 Å². The lowest BCUT2D eigenvalue weighted by molar-refractivity contribution is -0.137. The summed E-state index contributed by atoms with van der Waals surface area (Å²) >= 11 is 0. The van der Waals surface area contributed by atoms with Gasteiger partial charge >= 0.3 is 6.18 Å². The molecule has 118 valence electrons. The molecule has 1 N–H and O–H groups in total. The molecule has 0 spiro atoms. The van der Waals surface area contributed by atoms with Crippen LogP contribution in [0.1, 0.15) is 16.1 Å². The van der Waals surface area contributed by atoms with E-state index in [0.29, 0.717) is 5.69 Å². The second-order valence-electron chi connectivity index (χ2n) is 4.61. The van der Waals surface area contributed by atoms with Crippen molar-refractivity contribution in [2.75, 3.05) is 5.32 Å². The van der Waals surface area contributed by atoms with Crippen molar-refractivity contribution >= 4 is 11.6 Å². The zero-order valence-electron chi connectivity index (χ0n) is 11.5. The average molecular weight is 321 g/mol. The highest BCUT2D eigenvalue weighted by Gasteiger charge is 2.31. The van der Waals surface area contributed by atoms with Gasteiger partial charge in [0.25, 0.3) is 5.91 Å². The minimum absolute atomic E-state index is 0.00572. The number of amides is 1. The van der Waals surface area contributed by atoms with E-state index in [-0.39, 0.29) is 11.4 Å². The Morgan fingerprint density at radius 2 is 2.04 bits per heavy atom. The van der Waals surface area contributed by atoms with Crippen LogP contribution in [0.5, 0.6) is 0 Å². The zero-order valence-corrected chi connectivity index (χ0v) is 11.5.